The molecule has 0 amide bonds. The van der Waals surface area contributed by atoms with Gasteiger partial charge in [0.1, 0.15) is 0 Å². The van der Waals surface area contributed by atoms with Crippen molar-refractivity contribution < 1.29 is 4.74 Å². The van der Waals surface area contributed by atoms with Gasteiger partial charge in [0.25, 0.3) is 0 Å². The van der Waals surface area contributed by atoms with Gasteiger partial charge < -0.3 is 10.1 Å². The van der Waals surface area contributed by atoms with Crippen LogP contribution in [-0.2, 0) is 4.74 Å². The van der Waals surface area contributed by atoms with E-state index >= 15 is 0 Å². The molecule has 1 atom stereocenters. The Morgan fingerprint density at radius 3 is 2.56 bits per heavy atom. The van der Waals surface area contributed by atoms with Crippen LogP contribution in [-0.4, -0.2) is 20.3 Å². The summed E-state index contributed by atoms with van der Waals surface area (Å²) in [6.07, 6.45) is 0. The SMILES string of the molecule is COCCNC(C)c1ccc(Cl)c(Cl)c1Cl. The molecule has 0 radical (unpaired) electrons. The summed E-state index contributed by atoms with van der Waals surface area (Å²) in [5.74, 6) is 0. The molecule has 0 fully saturated rings. The Balaban J connectivity index is 2.76. The van der Waals surface area contributed by atoms with Gasteiger partial charge in [-0.3, -0.25) is 0 Å². The second-order valence-corrected chi connectivity index (χ2v) is 4.60. The van der Waals surface area contributed by atoms with Crippen molar-refractivity contribution in [3.8, 4) is 0 Å². The topological polar surface area (TPSA) is 21.3 Å². The summed E-state index contributed by atoms with van der Waals surface area (Å²) in [6.45, 7) is 3.43. The molecule has 1 aromatic carbocycles. The lowest BCUT2D eigenvalue weighted by atomic mass is 10.1. The average Bonchev–Trinajstić information content (AvgIpc) is 2.26. The molecule has 1 unspecified atom stereocenters. The predicted octanol–water partition coefficient (Wildman–Crippen LogP) is 3.94. The van der Waals surface area contributed by atoms with Crippen LogP contribution in [0.1, 0.15) is 18.5 Å². The van der Waals surface area contributed by atoms with Gasteiger partial charge >= 0.3 is 0 Å². The highest BCUT2D eigenvalue weighted by Crippen LogP contribution is 2.35. The smallest absolute Gasteiger partial charge is 0.0781 e. The van der Waals surface area contributed by atoms with E-state index in [1.165, 1.54) is 0 Å². The summed E-state index contributed by atoms with van der Waals surface area (Å²) in [4.78, 5) is 0. The van der Waals surface area contributed by atoms with Gasteiger partial charge in [-0.15, -0.1) is 0 Å². The molecule has 1 aromatic rings. The first-order valence-corrected chi connectivity index (χ1v) is 6.07. The lowest BCUT2D eigenvalue weighted by Crippen LogP contribution is -2.23. The first kappa shape index (κ1) is 14.1. The van der Waals surface area contributed by atoms with Crippen LogP contribution in [0.3, 0.4) is 0 Å². The van der Waals surface area contributed by atoms with Gasteiger partial charge in [-0.05, 0) is 18.6 Å². The summed E-state index contributed by atoms with van der Waals surface area (Å²) in [5, 5.41) is 4.66. The minimum atomic E-state index is 0.109. The molecule has 5 heteroatoms. The average molecular weight is 283 g/mol. The Kier molecular flexibility index (Phi) is 5.87. The van der Waals surface area contributed by atoms with Crippen molar-refractivity contribution in [1.82, 2.24) is 5.32 Å². The van der Waals surface area contributed by atoms with Gasteiger partial charge in [0.05, 0.1) is 21.7 Å². The van der Waals surface area contributed by atoms with Crippen LogP contribution in [0, 0.1) is 0 Å². The van der Waals surface area contributed by atoms with Gasteiger partial charge in [-0.2, -0.15) is 0 Å². The Morgan fingerprint density at radius 2 is 1.94 bits per heavy atom. The zero-order valence-corrected chi connectivity index (χ0v) is 11.5. The number of hydrogen-bond acceptors (Lipinski definition) is 2. The molecule has 0 spiro atoms. The van der Waals surface area contributed by atoms with Crippen LogP contribution >= 0.6 is 34.8 Å². The van der Waals surface area contributed by atoms with Gasteiger partial charge in [-0.25, -0.2) is 0 Å². The number of rotatable bonds is 5. The number of halogens is 3. The van der Waals surface area contributed by atoms with Crippen LogP contribution in [0.4, 0.5) is 0 Å². The zero-order chi connectivity index (χ0) is 12.1. The predicted molar refractivity (Wildman–Crippen MR) is 69.8 cm³/mol. The molecule has 0 aliphatic heterocycles. The highest BCUT2D eigenvalue weighted by molar-refractivity contribution is 6.48. The van der Waals surface area contributed by atoms with E-state index in [2.05, 4.69) is 5.32 Å². The number of methoxy groups -OCH3 is 1. The summed E-state index contributed by atoms with van der Waals surface area (Å²) >= 11 is 18.0. The van der Waals surface area contributed by atoms with Crippen molar-refractivity contribution >= 4 is 34.8 Å². The second-order valence-electron chi connectivity index (χ2n) is 3.43. The molecule has 1 N–H and O–H groups in total. The van der Waals surface area contributed by atoms with Gasteiger partial charge in [0, 0.05) is 19.7 Å². The van der Waals surface area contributed by atoms with Crippen molar-refractivity contribution in [2.75, 3.05) is 20.3 Å². The third-order valence-corrected chi connectivity index (χ3v) is 3.60. The molecule has 2 nitrogen and oxygen atoms in total. The van der Waals surface area contributed by atoms with E-state index < -0.39 is 0 Å². The normalized spacial score (nSPS) is 12.8. The van der Waals surface area contributed by atoms with Crippen LogP contribution in [0.2, 0.25) is 15.1 Å². The van der Waals surface area contributed by atoms with E-state index in [0.717, 1.165) is 12.1 Å². The summed E-state index contributed by atoms with van der Waals surface area (Å²) < 4.78 is 4.96. The maximum Gasteiger partial charge on any atom is 0.0781 e. The Morgan fingerprint density at radius 1 is 1.25 bits per heavy atom. The summed E-state index contributed by atoms with van der Waals surface area (Å²) in [5.41, 5.74) is 0.937. The minimum Gasteiger partial charge on any atom is -0.383 e. The van der Waals surface area contributed by atoms with E-state index in [1.807, 2.05) is 13.0 Å². The lowest BCUT2D eigenvalue weighted by molar-refractivity contribution is 0.196. The number of nitrogens with one attached hydrogen (secondary N) is 1. The van der Waals surface area contributed by atoms with Gasteiger partial charge in [0.2, 0.25) is 0 Å². The van der Waals surface area contributed by atoms with Crippen molar-refractivity contribution in [3.63, 3.8) is 0 Å². The number of hydrogen-bond donors (Lipinski definition) is 1. The van der Waals surface area contributed by atoms with Crippen LogP contribution in [0.25, 0.3) is 0 Å². The monoisotopic (exact) mass is 281 g/mol. The number of benzene rings is 1. The molecule has 0 heterocycles. The van der Waals surface area contributed by atoms with E-state index in [9.17, 15) is 0 Å². The standard InChI is InChI=1S/C11H14Cl3NO/c1-7(15-5-6-16-2)8-3-4-9(12)11(14)10(8)13/h3-4,7,15H,5-6H2,1-2H3. The molecule has 1 rings (SSSR count). The highest BCUT2D eigenvalue weighted by atomic mass is 35.5. The molecule has 0 saturated heterocycles. The first-order valence-electron chi connectivity index (χ1n) is 4.93. The Labute approximate surface area is 111 Å². The highest BCUT2D eigenvalue weighted by Gasteiger charge is 2.13. The molecule has 0 bridgehead atoms. The third kappa shape index (κ3) is 3.51. The molecule has 0 saturated carbocycles. The fourth-order valence-corrected chi connectivity index (χ4v) is 2.07. The summed E-state index contributed by atoms with van der Waals surface area (Å²) in [6, 6.07) is 3.73. The van der Waals surface area contributed by atoms with Crippen molar-refractivity contribution in [2.45, 2.75) is 13.0 Å². The maximum atomic E-state index is 6.12. The molecule has 0 aliphatic rings. The molecule has 16 heavy (non-hydrogen) atoms. The zero-order valence-electron chi connectivity index (χ0n) is 9.19. The Hall–Kier alpha value is 0.01000. The number of ether oxygens (including phenoxy) is 1. The van der Waals surface area contributed by atoms with E-state index in [-0.39, 0.29) is 6.04 Å². The maximum absolute atomic E-state index is 6.12. The fourth-order valence-electron chi connectivity index (χ4n) is 1.36. The largest absolute Gasteiger partial charge is 0.383 e. The van der Waals surface area contributed by atoms with Crippen molar-refractivity contribution in [1.29, 1.82) is 0 Å². The molecule has 0 aliphatic carbocycles. The van der Waals surface area contributed by atoms with Gasteiger partial charge in [0.15, 0.2) is 0 Å². The second kappa shape index (κ2) is 6.67. The van der Waals surface area contributed by atoms with Crippen LogP contribution < -0.4 is 5.32 Å². The molecule has 90 valence electrons. The first-order chi connectivity index (χ1) is 7.57. The van der Waals surface area contributed by atoms with E-state index in [1.54, 1.807) is 13.2 Å². The third-order valence-electron chi connectivity index (χ3n) is 2.29. The van der Waals surface area contributed by atoms with Crippen molar-refractivity contribution in [2.24, 2.45) is 0 Å². The molecular weight excluding hydrogens is 268 g/mol. The Bertz CT molecular complexity index is 357. The fraction of sp³-hybridized carbons (Fsp3) is 0.455. The van der Waals surface area contributed by atoms with Crippen molar-refractivity contribution in [3.05, 3.63) is 32.8 Å². The quantitative estimate of drug-likeness (QED) is 0.652. The van der Waals surface area contributed by atoms with Crippen LogP contribution in [0.5, 0.6) is 0 Å². The minimum absolute atomic E-state index is 0.109. The van der Waals surface area contributed by atoms with E-state index in [4.69, 9.17) is 39.5 Å². The molecule has 0 aromatic heterocycles. The molecular formula is C11H14Cl3NO. The summed E-state index contributed by atoms with van der Waals surface area (Å²) in [7, 11) is 1.67. The van der Waals surface area contributed by atoms with Crippen LogP contribution in [0.15, 0.2) is 12.1 Å². The lowest BCUT2D eigenvalue weighted by Gasteiger charge is -2.16. The van der Waals surface area contributed by atoms with E-state index in [0.29, 0.717) is 21.7 Å². The van der Waals surface area contributed by atoms with Gasteiger partial charge in [-0.1, -0.05) is 40.9 Å².